The molecular formula is C17H20N8O2S. The molecule has 1 saturated carbocycles. The van der Waals surface area contributed by atoms with Gasteiger partial charge in [-0.2, -0.15) is 4.98 Å². The van der Waals surface area contributed by atoms with E-state index in [4.69, 9.17) is 0 Å². The van der Waals surface area contributed by atoms with Crippen molar-refractivity contribution in [3.05, 3.63) is 18.6 Å². The van der Waals surface area contributed by atoms with Gasteiger partial charge in [-0.25, -0.2) is 14.8 Å². The summed E-state index contributed by atoms with van der Waals surface area (Å²) in [6.07, 6.45) is 5.53. The van der Waals surface area contributed by atoms with Crippen molar-refractivity contribution in [3.8, 4) is 6.01 Å². The molecule has 5 rings (SSSR count). The number of aromatic hydroxyl groups is 1. The van der Waals surface area contributed by atoms with Crippen LogP contribution in [0, 0.1) is 11.8 Å². The molecule has 28 heavy (non-hydrogen) atoms. The lowest BCUT2D eigenvalue weighted by Crippen LogP contribution is -2.36. The van der Waals surface area contributed by atoms with Gasteiger partial charge >= 0.3 is 12.0 Å². The number of H-pyrrole nitrogens is 1. The van der Waals surface area contributed by atoms with E-state index in [9.17, 15) is 9.90 Å². The second-order valence-corrected chi connectivity index (χ2v) is 8.18. The number of nitrogens with one attached hydrogen (secondary N) is 2. The molecule has 1 aliphatic carbocycles. The number of carbonyl (C=O) groups is 1. The molecule has 3 N–H and O–H groups in total. The van der Waals surface area contributed by atoms with Gasteiger partial charge in [-0.15, -0.1) is 4.37 Å². The van der Waals surface area contributed by atoms with Crippen LogP contribution in [0.25, 0.3) is 11.0 Å². The maximum absolute atomic E-state index is 12.5. The summed E-state index contributed by atoms with van der Waals surface area (Å²) in [5, 5.41) is 13.3. The zero-order valence-electron chi connectivity index (χ0n) is 15.2. The highest BCUT2D eigenvalue weighted by atomic mass is 32.1. The Morgan fingerprint density at radius 1 is 1.36 bits per heavy atom. The summed E-state index contributed by atoms with van der Waals surface area (Å²) in [6.45, 7) is 1.46. The summed E-state index contributed by atoms with van der Waals surface area (Å²) >= 11 is 0.971. The fourth-order valence-corrected chi connectivity index (χ4v) is 4.96. The van der Waals surface area contributed by atoms with Gasteiger partial charge in [0.05, 0.1) is 5.39 Å². The maximum atomic E-state index is 12.5. The lowest BCUT2D eigenvalue weighted by molar-refractivity contribution is 0.218. The molecule has 1 saturated heterocycles. The summed E-state index contributed by atoms with van der Waals surface area (Å²) in [4.78, 5) is 32.2. The third-order valence-corrected chi connectivity index (χ3v) is 6.48. The van der Waals surface area contributed by atoms with E-state index in [1.807, 2.05) is 17.2 Å². The largest absolute Gasteiger partial charge is 0.478 e. The number of urea groups is 1. The number of nitrogens with zero attached hydrogens (tertiary/aromatic N) is 6. The van der Waals surface area contributed by atoms with Crippen LogP contribution < -0.4 is 10.2 Å². The standard InChI is InChI=1S/C17H20N8O2S/c1-24(14-12-2-3-18-13(12)19-8-20-14)11-4-9-6-25(7-10(9)5-11)17(27)22-16-21-15(26)23-28-16/h2-3,8-11H,4-7H2,1H3,(H,18,19,20)(H2,21,22,23,26,27)/t9-,10?,11?/m1/s1. The Hall–Kier alpha value is -2.95. The molecule has 4 heterocycles. The predicted octanol–water partition coefficient (Wildman–Crippen LogP) is 1.89. The minimum atomic E-state index is -0.314. The van der Waals surface area contributed by atoms with Crippen molar-refractivity contribution in [1.29, 1.82) is 0 Å². The van der Waals surface area contributed by atoms with Crippen molar-refractivity contribution in [2.45, 2.75) is 18.9 Å². The van der Waals surface area contributed by atoms with Crippen molar-refractivity contribution in [3.63, 3.8) is 0 Å². The monoisotopic (exact) mass is 400 g/mol. The molecule has 2 fully saturated rings. The zero-order valence-corrected chi connectivity index (χ0v) is 16.1. The van der Waals surface area contributed by atoms with Crippen LogP contribution in [0.5, 0.6) is 6.01 Å². The zero-order chi connectivity index (χ0) is 19.3. The number of hydrogen-bond acceptors (Lipinski definition) is 8. The topological polar surface area (TPSA) is 123 Å². The highest BCUT2D eigenvalue weighted by Gasteiger charge is 2.44. The number of rotatable bonds is 3. The van der Waals surface area contributed by atoms with Crippen molar-refractivity contribution >= 4 is 39.5 Å². The van der Waals surface area contributed by atoms with Crippen LogP contribution in [0.15, 0.2) is 18.6 Å². The van der Waals surface area contributed by atoms with Gasteiger partial charge in [0.25, 0.3) is 0 Å². The molecule has 2 amide bonds. The van der Waals surface area contributed by atoms with E-state index < -0.39 is 0 Å². The number of hydrogen-bond donors (Lipinski definition) is 3. The van der Waals surface area contributed by atoms with E-state index in [1.165, 1.54) is 0 Å². The van der Waals surface area contributed by atoms with Crippen LogP contribution in [0.1, 0.15) is 12.8 Å². The minimum absolute atomic E-state index is 0.180. The molecule has 11 heteroatoms. The first-order valence-corrected chi connectivity index (χ1v) is 9.95. The summed E-state index contributed by atoms with van der Waals surface area (Å²) in [6, 6.07) is 1.91. The Kier molecular flexibility index (Phi) is 4.04. The molecule has 3 atom stereocenters. The summed E-state index contributed by atoms with van der Waals surface area (Å²) in [7, 11) is 2.09. The smallest absolute Gasteiger partial charge is 0.327 e. The average Bonchev–Trinajstić information content (AvgIpc) is 3.43. The normalized spacial score (nSPS) is 23.9. The second kappa shape index (κ2) is 6.59. The Labute approximate surface area is 164 Å². The minimum Gasteiger partial charge on any atom is -0.478 e. The number of likely N-dealkylation sites (tertiary alicyclic amines) is 1. The van der Waals surface area contributed by atoms with E-state index >= 15 is 0 Å². The number of carbonyl (C=O) groups excluding carboxylic acids is 1. The van der Waals surface area contributed by atoms with Crippen molar-refractivity contribution in [1.82, 2.24) is 29.2 Å². The molecule has 10 nitrogen and oxygen atoms in total. The Balaban J connectivity index is 1.23. The summed E-state index contributed by atoms with van der Waals surface area (Å²) in [5.74, 6) is 1.90. The number of fused-ring (bicyclic) bond motifs is 2. The molecule has 0 spiro atoms. The first kappa shape index (κ1) is 17.2. The summed E-state index contributed by atoms with van der Waals surface area (Å²) < 4.78 is 3.66. The molecular weight excluding hydrogens is 380 g/mol. The van der Waals surface area contributed by atoms with E-state index in [0.717, 1.165) is 54.3 Å². The van der Waals surface area contributed by atoms with Gasteiger partial charge in [0, 0.05) is 43.9 Å². The van der Waals surface area contributed by atoms with Crippen LogP contribution >= 0.6 is 11.5 Å². The van der Waals surface area contributed by atoms with Gasteiger partial charge in [-0.1, -0.05) is 0 Å². The molecule has 0 radical (unpaired) electrons. The lowest BCUT2D eigenvalue weighted by Gasteiger charge is -2.27. The van der Waals surface area contributed by atoms with Crippen LogP contribution in [0.4, 0.5) is 15.7 Å². The molecule has 2 aliphatic rings. The summed E-state index contributed by atoms with van der Waals surface area (Å²) in [5.41, 5.74) is 0.848. The van der Waals surface area contributed by atoms with Crippen molar-refractivity contribution < 1.29 is 9.90 Å². The molecule has 146 valence electrons. The van der Waals surface area contributed by atoms with Crippen LogP contribution in [0.3, 0.4) is 0 Å². The van der Waals surface area contributed by atoms with Gasteiger partial charge in [0.15, 0.2) is 0 Å². The van der Waals surface area contributed by atoms with E-state index in [-0.39, 0.29) is 12.0 Å². The van der Waals surface area contributed by atoms with Crippen LogP contribution in [-0.2, 0) is 0 Å². The Morgan fingerprint density at radius 2 is 2.14 bits per heavy atom. The quantitative estimate of drug-likeness (QED) is 0.613. The van der Waals surface area contributed by atoms with E-state index in [1.54, 1.807) is 6.33 Å². The Bertz CT molecular complexity index is 1010. The van der Waals surface area contributed by atoms with Gasteiger partial charge in [-0.05, 0) is 30.7 Å². The molecule has 3 aromatic rings. The lowest BCUT2D eigenvalue weighted by atomic mass is 10.0. The van der Waals surface area contributed by atoms with Gasteiger partial charge in [-0.3, -0.25) is 5.32 Å². The van der Waals surface area contributed by atoms with Crippen LogP contribution in [-0.4, -0.2) is 66.5 Å². The number of anilines is 2. The molecule has 2 unspecified atom stereocenters. The number of amides is 2. The number of aromatic amines is 1. The van der Waals surface area contributed by atoms with Gasteiger partial charge in [0.2, 0.25) is 5.13 Å². The molecule has 0 aromatic carbocycles. The predicted molar refractivity (Wildman–Crippen MR) is 104 cm³/mol. The number of aromatic nitrogens is 5. The van der Waals surface area contributed by atoms with E-state index in [0.29, 0.717) is 23.0 Å². The van der Waals surface area contributed by atoms with Crippen LogP contribution in [0.2, 0.25) is 0 Å². The van der Waals surface area contributed by atoms with Gasteiger partial charge < -0.3 is 19.9 Å². The third-order valence-electron chi connectivity index (χ3n) is 5.86. The van der Waals surface area contributed by atoms with E-state index in [2.05, 4.69) is 41.6 Å². The molecule has 0 bridgehead atoms. The van der Waals surface area contributed by atoms with Crippen molar-refractivity contribution in [2.75, 3.05) is 30.4 Å². The third kappa shape index (κ3) is 2.91. The average molecular weight is 400 g/mol. The maximum Gasteiger partial charge on any atom is 0.327 e. The molecule has 1 aliphatic heterocycles. The highest BCUT2D eigenvalue weighted by molar-refractivity contribution is 7.10. The molecule has 3 aromatic heterocycles. The first-order valence-electron chi connectivity index (χ1n) is 9.18. The highest BCUT2D eigenvalue weighted by Crippen LogP contribution is 2.41. The fraction of sp³-hybridized carbons (Fsp3) is 0.471. The van der Waals surface area contributed by atoms with Crippen molar-refractivity contribution in [2.24, 2.45) is 11.8 Å². The Morgan fingerprint density at radius 3 is 2.86 bits per heavy atom. The first-order chi connectivity index (χ1) is 13.6. The van der Waals surface area contributed by atoms with Gasteiger partial charge in [0.1, 0.15) is 17.8 Å². The second-order valence-electron chi connectivity index (χ2n) is 7.43. The SMILES string of the molecule is CN(c1ncnc2[nH]ccc12)C1CC2CN(C(=O)Nc3nc(O)ns3)C[C@H]2C1. The fourth-order valence-electron chi connectivity index (χ4n) is 4.50.